The Balaban J connectivity index is 2.40. The van der Waals surface area contributed by atoms with Gasteiger partial charge in [-0.05, 0) is 30.0 Å². The molecule has 1 unspecified atom stereocenters. The second kappa shape index (κ2) is 8.24. The van der Waals surface area contributed by atoms with Gasteiger partial charge < -0.3 is 10.1 Å². The number of amides is 1. The standard InChI is InChI=1S/C19H20N2O5/c1-4-12(2)16-7-5-6-8-17(16)20-18(22)13-9-14(19(23)26-3)11-15(10-13)21(24)25/h5-12H,4H2,1-3H3,(H,20,22). The Kier molecular flexibility index (Phi) is 6.06. The highest BCUT2D eigenvalue weighted by Gasteiger charge is 2.19. The minimum atomic E-state index is -0.747. The number of hydrogen-bond donors (Lipinski definition) is 1. The van der Waals surface area contributed by atoms with Crippen LogP contribution in [0.25, 0.3) is 0 Å². The second-order valence-electron chi connectivity index (χ2n) is 5.87. The molecule has 1 N–H and O–H groups in total. The van der Waals surface area contributed by atoms with E-state index < -0.39 is 16.8 Å². The van der Waals surface area contributed by atoms with Crippen molar-refractivity contribution in [2.45, 2.75) is 26.2 Å². The van der Waals surface area contributed by atoms with Crippen LogP contribution in [0.2, 0.25) is 0 Å². The van der Waals surface area contributed by atoms with Crippen LogP contribution >= 0.6 is 0 Å². The van der Waals surface area contributed by atoms with Crippen molar-refractivity contribution in [3.05, 3.63) is 69.3 Å². The molecule has 1 atom stereocenters. The molecule has 0 heterocycles. The maximum absolute atomic E-state index is 12.6. The van der Waals surface area contributed by atoms with Crippen molar-refractivity contribution in [1.29, 1.82) is 0 Å². The van der Waals surface area contributed by atoms with E-state index in [2.05, 4.69) is 10.1 Å². The number of methoxy groups -OCH3 is 1. The molecule has 0 saturated heterocycles. The minimum Gasteiger partial charge on any atom is -0.465 e. The average Bonchev–Trinajstić information content (AvgIpc) is 2.66. The zero-order valence-corrected chi connectivity index (χ0v) is 14.8. The van der Waals surface area contributed by atoms with E-state index in [0.717, 1.165) is 24.1 Å². The highest BCUT2D eigenvalue weighted by Crippen LogP contribution is 2.27. The van der Waals surface area contributed by atoms with Crippen LogP contribution in [0.15, 0.2) is 42.5 Å². The highest BCUT2D eigenvalue weighted by molar-refractivity contribution is 6.06. The summed E-state index contributed by atoms with van der Waals surface area (Å²) in [6.07, 6.45) is 0.899. The van der Waals surface area contributed by atoms with Gasteiger partial charge in [0.25, 0.3) is 11.6 Å². The van der Waals surface area contributed by atoms with Crippen molar-refractivity contribution in [2.75, 3.05) is 12.4 Å². The Morgan fingerprint density at radius 3 is 2.46 bits per heavy atom. The van der Waals surface area contributed by atoms with E-state index in [9.17, 15) is 19.7 Å². The highest BCUT2D eigenvalue weighted by atomic mass is 16.6. The molecule has 7 heteroatoms. The van der Waals surface area contributed by atoms with E-state index in [1.54, 1.807) is 12.1 Å². The summed E-state index contributed by atoms with van der Waals surface area (Å²) in [6.45, 7) is 4.10. The van der Waals surface area contributed by atoms with Crippen LogP contribution in [-0.2, 0) is 4.74 Å². The average molecular weight is 356 g/mol. The molecule has 0 spiro atoms. The quantitative estimate of drug-likeness (QED) is 0.476. The Morgan fingerprint density at radius 1 is 1.19 bits per heavy atom. The number of anilines is 1. The van der Waals surface area contributed by atoms with Crippen molar-refractivity contribution in [3.8, 4) is 0 Å². The first-order valence-electron chi connectivity index (χ1n) is 8.15. The van der Waals surface area contributed by atoms with Gasteiger partial charge in [0.2, 0.25) is 0 Å². The van der Waals surface area contributed by atoms with Gasteiger partial charge in [0, 0.05) is 23.4 Å². The number of nitro groups is 1. The number of ether oxygens (including phenoxy) is 1. The SMILES string of the molecule is CCC(C)c1ccccc1NC(=O)c1cc(C(=O)OC)cc([N+](=O)[O-])c1. The Bertz CT molecular complexity index is 848. The number of esters is 1. The van der Waals surface area contributed by atoms with Crippen LogP contribution in [0.4, 0.5) is 11.4 Å². The first-order chi connectivity index (χ1) is 12.4. The van der Waals surface area contributed by atoms with Gasteiger partial charge in [-0.25, -0.2) is 4.79 Å². The van der Waals surface area contributed by atoms with E-state index in [0.29, 0.717) is 5.69 Å². The van der Waals surface area contributed by atoms with Gasteiger partial charge >= 0.3 is 5.97 Å². The number of non-ortho nitro benzene ring substituents is 1. The molecule has 0 radical (unpaired) electrons. The van der Waals surface area contributed by atoms with Gasteiger partial charge in [0.1, 0.15) is 0 Å². The predicted molar refractivity (Wildman–Crippen MR) is 97.5 cm³/mol. The van der Waals surface area contributed by atoms with E-state index in [1.807, 2.05) is 26.0 Å². The molecular formula is C19H20N2O5. The number of benzene rings is 2. The van der Waals surface area contributed by atoms with Gasteiger partial charge in [-0.3, -0.25) is 14.9 Å². The fourth-order valence-corrected chi connectivity index (χ4v) is 2.54. The summed E-state index contributed by atoms with van der Waals surface area (Å²) in [5, 5.41) is 13.9. The van der Waals surface area contributed by atoms with Crippen LogP contribution in [-0.4, -0.2) is 23.9 Å². The van der Waals surface area contributed by atoms with Crippen molar-refractivity contribution in [1.82, 2.24) is 0 Å². The lowest BCUT2D eigenvalue weighted by Gasteiger charge is -2.15. The number of nitrogens with zero attached hydrogens (tertiary/aromatic N) is 1. The smallest absolute Gasteiger partial charge is 0.338 e. The molecule has 136 valence electrons. The van der Waals surface area contributed by atoms with Crippen LogP contribution < -0.4 is 5.32 Å². The zero-order valence-electron chi connectivity index (χ0n) is 14.8. The number of para-hydroxylation sites is 1. The lowest BCUT2D eigenvalue weighted by molar-refractivity contribution is -0.384. The van der Waals surface area contributed by atoms with Crippen molar-refractivity contribution in [2.24, 2.45) is 0 Å². The molecule has 0 bridgehead atoms. The zero-order chi connectivity index (χ0) is 19.3. The Labute approximate surface area is 151 Å². The van der Waals surface area contributed by atoms with Crippen molar-refractivity contribution >= 4 is 23.3 Å². The summed E-state index contributed by atoms with van der Waals surface area (Å²) < 4.78 is 4.60. The molecule has 0 aromatic heterocycles. The maximum Gasteiger partial charge on any atom is 0.338 e. The van der Waals surface area contributed by atoms with Gasteiger partial charge in [0.15, 0.2) is 0 Å². The molecule has 0 saturated carbocycles. The first-order valence-corrected chi connectivity index (χ1v) is 8.15. The lowest BCUT2D eigenvalue weighted by atomic mass is 9.96. The van der Waals surface area contributed by atoms with Crippen LogP contribution in [0.1, 0.15) is 52.5 Å². The van der Waals surface area contributed by atoms with Crippen LogP contribution in [0, 0.1) is 10.1 Å². The summed E-state index contributed by atoms with van der Waals surface area (Å²) >= 11 is 0. The molecule has 7 nitrogen and oxygen atoms in total. The van der Waals surface area contributed by atoms with Gasteiger partial charge in [0.05, 0.1) is 17.6 Å². The van der Waals surface area contributed by atoms with Gasteiger partial charge in [-0.2, -0.15) is 0 Å². The summed E-state index contributed by atoms with van der Waals surface area (Å²) in [5.74, 6) is -1.04. The number of carbonyl (C=O) groups is 2. The Hall–Kier alpha value is -3.22. The van der Waals surface area contributed by atoms with Gasteiger partial charge in [-0.15, -0.1) is 0 Å². The topological polar surface area (TPSA) is 98.5 Å². The Morgan fingerprint density at radius 2 is 1.85 bits per heavy atom. The normalized spacial score (nSPS) is 11.5. The van der Waals surface area contributed by atoms with Crippen LogP contribution in [0.3, 0.4) is 0 Å². The fraction of sp³-hybridized carbons (Fsp3) is 0.263. The number of hydrogen-bond acceptors (Lipinski definition) is 5. The third kappa shape index (κ3) is 4.24. The predicted octanol–water partition coefficient (Wildman–Crippen LogP) is 4.15. The van der Waals surface area contributed by atoms with E-state index in [-0.39, 0.29) is 22.7 Å². The molecule has 0 aliphatic carbocycles. The van der Waals surface area contributed by atoms with Crippen LogP contribution in [0.5, 0.6) is 0 Å². The third-order valence-electron chi connectivity index (χ3n) is 4.16. The largest absolute Gasteiger partial charge is 0.465 e. The summed E-state index contributed by atoms with van der Waals surface area (Å²) in [5.41, 5.74) is 1.22. The summed E-state index contributed by atoms with van der Waals surface area (Å²) in [4.78, 5) is 34.8. The molecule has 26 heavy (non-hydrogen) atoms. The molecule has 2 rings (SSSR count). The lowest BCUT2D eigenvalue weighted by Crippen LogP contribution is -2.15. The molecule has 0 fully saturated rings. The molecular weight excluding hydrogens is 336 g/mol. The molecule has 0 aliphatic heterocycles. The molecule has 1 amide bonds. The van der Waals surface area contributed by atoms with E-state index in [1.165, 1.54) is 13.2 Å². The molecule has 2 aromatic carbocycles. The number of carbonyl (C=O) groups excluding carboxylic acids is 2. The second-order valence-corrected chi connectivity index (χ2v) is 5.87. The third-order valence-corrected chi connectivity index (χ3v) is 4.16. The fourth-order valence-electron chi connectivity index (χ4n) is 2.54. The monoisotopic (exact) mass is 356 g/mol. The first kappa shape index (κ1) is 19.1. The number of nitro benzene ring substituents is 1. The van der Waals surface area contributed by atoms with Crippen molar-refractivity contribution in [3.63, 3.8) is 0 Å². The number of rotatable bonds is 6. The molecule has 0 aliphatic rings. The van der Waals surface area contributed by atoms with Crippen molar-refractivity contribution < 1.29 is 19.2 Å². The minimum absolute atomic E-state index is 0.0126. The molecule has 2 aromatic rings. The van der Waals surface area contributed by atoms with E-state index >= 15 is 0 Å². The maximum atomic E-state index is 12.6. The summed E-state index contributed by atoms with van der Waals surface area (Å²) in [6, 6.07) is 10.9. The number of nitrogens with one attached hydrogen (secondary N) is 1. The van der Waals surface area contributed by atoms with E-state index in [4.69, 9.17) is 0 Å². The van der Waals surface area contributed by atoms with Gasteiger partial charge in [-0.1, -0.05) is 32.0 Å². The summed E-state index contributed by atoms with van der Waals surface area (Å²) in [7, 11) is 1.17.